The topological polar surface area (TPSA) is 68.4 Å². The van der Waals surface area contributed by atoms with E-state index in [0.717, 1.165) is 24.7 Å². The van der Waals surface area contributed by atoms with Crippen molar-refractivity contribution in [3.05, 3.63) is 110 Å². The lowest BCUT2D eigenvalue weighted by atomic mass is 10.0. The second-order valence-electron chi connectivity index (χ2n) is 10.4. The minimum atomic E-state index is -4.56. The molecule has 1 saturated heterocycles. The van der Waals surface area contributed by atoms with Gasteiger partial charge in [0.05, 0.1) is 16.0 Å². The van der Waals surface area contributed by atoms with Crippen molar-refractivity contribution in [1.29, 1.82) is 0 Å². The quantitative estimate of drug-likeness (QED) is 0.289. The number of halogens is 4. The standard InChI is InChI=1S/C32H28ClF3N4O2/c1-20-6-7-22(16-21(20)8-9-23-18-37-31(42)29-26(23)4-3-5-28(29)33)30(41)38-25-11-10-24(27(17-25)32(34,35)36)19-40-14-12-39(2)13-15-40/h3-7,10-11,16-18H,12-15,19H2,1-2H3,(H,37,42)(H,38,41). The number of anilines is 1. The molecular weight excluding hydrogens is 565 g/mol. The first kappa shape index (κ1) is 29.4. The molecule has 6 nitrogen and oxygen atoms in total. The maximum Gasteiger partial charge on any atom is 0.416 e. The highest BCUT2D eigenvalue weighted by atomic mass is 35.5. The van der Waals surface area contributed by atoms with E-state index in [4.69, 9.17) is 11.6 Å². The van der Waals surface area contributed by atoms with E-state index in [1.54, 1.807) is 36.4 Å². The Balaban J connectivity index is 1.38. The molecular formula is C32H28ClF3N4O2. The van der Waals surface area contributed by atoms with Crippen molar-refractivity contribution in [1.82, 2.24) is 14.8 Å². The van der Waals surface area contributed by atoms with Gasteiger partial charge in [0, 0.05) is 66.7 Å². The van der Waals surface area contributed by atoms with Gasteiger partial charge in [0.2, 0.25) is 0 Å². The predicted molar refractivity (Wildman–Crippen MR) is 159 cm³/mol. The summed E-state index contributed by atoms with van der Waals surface area (Å²) in [5.41, 5.74) is 1.31. The smallest absolute Gasteiger partial charge is 0.327 e. The number of aryl methyl sites for hydroxylation is 1. The molecule has 1 amide bonds. The average molecular weight is 593 g/mol. The molecule has 0 unspecified atom stereocenters. The lowest BCUT2D eigenvalue weighted by molar-refractivity contribution is -0.138. The molecule has 0 atom stereocenters. The molecule has 2 heterocycles. The van der Waals surface area contributed by atoms with Crippen LogP contribution in [-0.2, 0) is 12.7 Å². The number of rotatable bonds is 4. The summed E-state index contributed by atoms with van der Waals surface area (Å²) < 4.78 is 42.0. The molecule has 0 spiro atoms. The number of fused-ring (bicyclic) bond motifs is 1. The van der Waals surface area contributed by atoms with Crippen LogP contribution in [0, 0.1) is 18.8 Å². The largest absolute Gasteiger partial charge is 0.416 e. The number of carbonyl (C=O) groups is 1. The predicted octanol–water partition coefficient (Wildman–Crippen LogP) is 5.91. The van der Waals surface area contributed by atoms with Crippen molar-refractivity contribution in [2.75, 3.05) is 38.5 Å². The zero-order valence-corrected chi connectivity index (χ0v) is 23.8. The molecule has 1 aliphatic rings. The molecule has 0 bridgehead atoms. The summed E-state index contributed by atoms with van der Waals surface area (Å²) in [4.78, 5) is 32.1. The number of nitrogens with zero attached hydrogens (tertiary/aromatic N) is 2. The summed E-state index contributed by atoms with van der Waals surface area (Å²) in [5.74, 6) is 5.53. The highest BCUT2D eigenvalue weighted by molar-refractivity contribution is 6.35. The van der Waals surface area contributed by atoms with Crippen molar-refractivity contribution < 1.29 is 18.0 Å². The summed E-state index contributed by atoms with van der Waals surface area (Å²) in [7, 11) is 1.99. The van der Waals surface area contributed by atoms with E-state index in [-0.39, 0.29) is 28.9 Å². The van der Waals surface area contributed by atoms with E-state index in [1.807, 2.05) is 18.9 Å². The van der Waals surface area contributed by atoms with Gasteiger partial charge in [-0.1, -0.05) is 47.7 Å². The molecule has 10 heteroatoms. The summed E-state index contributed by atoms with van der Waals surface area (Å²) in [6.07, 6.45) is -3.06. The number of alkyl halides is 3. The number of amides is 1. The van der Waals surface area contributed by atoms with Gasteiger partial charge in [-0.05, 0) is 55.4 Å². The SMILES string of the molecule is Cc1ccc(C(=O)Nc2ccc(CN3CCN(C)CC3)c(C(F)(F)F)c2)cc1C#Cc1c[nH]c(=O)c2c(Cl)cccc12. The van der Waals surface area contributed by atoms with Gasteiger partial charge in [-0.25, -0.2) is 0 Å². The zero-order valence-electron chi connectivity index (χ0n) is 23.0. The monoisotopic (exact) mass is 592 g/mol. The fourth-order valence-corrected chi connectivity index (χ4v) is 5.17. The number of aromatic amines is 1. The van der Waals surface area contributed by atoms with Crippen LogP contribution in [0.1, 0.15) is 38.2 Å². The summed E-state index contributed by atoms with van der Waals surface area (Å²) in [5, 5.41) is 3.85. The second kappa shape index (κ2) is 12.0. The molecule has 1 aliphatic heterocycles. The van der Waals surface area contributed by atoms with Gasteiger partial charge in [-0.15, -0.1) is 0 Å². The van der Waals surface area contributed by atoms with Gasteiger partial charge in [-0.3, -0.25) is 14.5 Å². The van der Waals surface area contributed by atoms with Crippen LogP contribution in [0.25, 0.3) is 10.8 Å². The van der Waals surface area contributed by atoms with Gasteiger partial charge in [0.25, 0.3) is 11.5 Å². The Morgan fingerprint density at radius 3 is 2.50 bits per heavy atom. The number of pyridine rings is 1. The van der Waals surface area contributed by atoms with E-state index < -0.39 is 17.6 Å². The number of piperazine rings is 1. The summed E-state index contributed by atoms with van der Waals surface area (Å²) in [6.45, 7) is 5.01. The molecule has 3 aromatic carbocycles. The van der Waals surface area contributed by atoms with Gasteiger partial charge in [-0.2, -0.15) is 13.2 Å². The Labute approximate surface area is 246 Å². The van der Waals surface area contributed by atoms with Gasteiger partial charge < -0.3 is 15.2 Å². The number of nitrogens with one attached hydrogen (secondary N) is 2. The van der Waals surface area contributed by atoms with Crippen molar-refractivity contribution in [2.24, 2.45) is 0 Å². The normalized spacial score (nSPS) is 14.4. The third kappa shape index (κ3) is 6.52. The summed E-state index contributed by atoms with van der Waals surface area (Å²) in [6, 6.07) is 13.9. The van der Waals surface area contributed by atoms with Gasteiger partial charge in [0.1, 0.15) is 0 Å². The first-order valence-electron chi connectivity index (χ1n) is 13.3. The average Bonchev–Trinajstić information content (AvgIpc) is 2.95. The molecule has 5 rings (SSSR count). The molecule has 2 N–H and O–H groups in total. The Hall–Kier alpha value is -4.10. The number of likely N-dealkylation sites (N-methyl/N-ethyl adjacent to an activating group) is 1. The van der Waals surface area contributed by atoms with Gasteiger partial charge in [0.15, 0.2) is 0 Å². The minimum Gasteiger partial charge on any atom is -0.327 e. The van der Waals surface area contributed by atoms with E-state index >= 15 is 0 Å². The van der Waals surface area contributed by atoms with Crippen molar-refractivity contribution in [2.45, 2.75) is 19.6 Å². The Bertz CT molecular complexity index is 1780. The molecule has 0 aliphatic carbocycles. The molecule has 216 valence electrons. The first-order chi connectivity index (χ1) is 20.0. The molecule has 0 saturated carbocycles. The Kier molecular flexibility index (Phi) is 8.41. The van der Waals surface area contributed by atoms with E-state index in [1.165, 1.54) is 18.3 Å². The molecule has 4 aromatic rings. The molecule has 1 aromatic heterocycles. The van der Waals surface area contributed by atoms with Crippen LogP contribution in [0.15, 0.2) is 65.6 Å². The fraction of sp³-hybridized carbons (Fsp3) is 0.250. The van der Waals surface area contributed by atoms with Crippen molar-refractivity contribution >= 4 is 34.0 Å². The number of hydrogen-bond acceptors (Lipinski definition) is 4. The van der Waals surface area contributed by atoms with E-state index in [2.05, 4.69) is 27.0 Å². The molecule has 1 fully saturated rings. The number of hydrogen-bond donors (Lipinski definition) is 2. The fourth-order valence-electron chi connectivity index (χ4n) is 4.91. The van der Waals surface area contributed by atoms with Crippen LogP contribution in [-0.4, -0.2) is 53.9 Å². The Morgan fingerprint density at radius 2 is 1.76 bits per heavy atom. The third-order valence-corrected chi connectivity index (χ3v) is 7.69. The van der Waals surface area contributed by atoms with Crippen LogP contribution in [0.4, 0.5) is 18.9 Å². The number of H-pyrrole nitrogens is 1. The maximum absolute atomic E-state index is 14.0. The molecule has 42 heavy (non-hydrogen) atoms. The highest BCUT2D eigenvalue weighted by Gasteiger charge is 2.34. The van der Waals surface area contributed by atoms with E-state index in [9.17, 15) is 22.8 Å². The van der Waals surface area contributed by atoms with Crippen LogP contribution in [0.5, 0.6) is 0 Å². The van der Waals surface area contributed by atoms with Gasteiger partial charge >= 0.3 is 6.18 Å². The van der Waals surface area contributed by atoms with Crippen molar-refractivity contribution in [3.63, 3.8) is 0 Å². The molecule has 0 radical (unpaired) electrons. The van der Waals surface area contributed by atoms with E-state index in [0.29, 0.717) is 40.0 Å². The van der Waals surface area contributed by atoms with Crippen LogP contribution in [0.2, 0.25) is 5.02 Å². The highest BCUT2D eigenvalue weighted by Crippen LogP contribution is 2.35. The minimum absolute atomic E-state index is 0.0549. The lowest BCUT2D eigenvalue weighted by Gasteiger charge is -2.33. The maximum atomic E-state index is 14.0. The third-order valence-electron chi connectivity index (χ3n) is 7.37. The zero-order chi connectivity index (χ0) is 30.0. The lowest BCUT2D eigenvalue weighted by Crippen LogP contribution is -2.44. The number of benzene rings is 3. The van der Waals surface area contributed by atoms with Crippen LogP contribution in [0.3, 0.4) is 0 Å². The first-order valence-corrected chi connectivity index (χ1v) is 13.7. The number of carbonyl (C=O) groups excluding carboxylic acids is 1. The van der Waals surface area contributed by atoms with Crippen LogP contribution < -0.4 is 10.9 Å². The van der Waals surface area contributed by atoms with Crippen LogP contribution >= 0.6 is 11.6 Å². The Morgan fingerprint density at radius 1 is 1.02 bits per heavy atom. The van der Waals surface area contributed by atoms with Crippen molar-refractivity contribution in [3.8, 4) is 11.8 Å². The summed E-state index contributed by atoms with van der Waals surface area (Å²) >= 11 is 6.21. The second-order valence-corrected chi connectivity index (χ2v) is 10.8. The number of aromatic nitrogens is 1.